The Bertz CT molecular complexity index is 230. The van der Waals surface area contributed by atoms with Crippen molar-refractivity contribution in [2.24, 2.45) is 0 Å². The lowest BCUT2D eigenvalue weighted by molar-refractivity contribution is -0.0469. The Morgan fingerprint density at radius 1 is 0.500 bits per heavy atom. The van der Waals surface area contributed by atoms with E-state index in [4.69, 9.17) is 28.4 Å². The lowest BCUT2D eigenvalue weighted by Gasteiger charge is -2.12. The van der Waals surface area contributed by atoms with Crippen molar-refractivity contribution in [3.8, 4) is 0 Å². The van der Waals surface area contributed by atoms with E-state index in [1.54, 1.807) is 0 Å². The zero-order chi connectivity index (χ0) is 19.1. The molecule has 7 heteroatoms. The molecule has 0 aromatic carbocycles. The van der Waals surface area contributed by atoms with Crippen molar-refractivity contribution in [3.05, 3.63) is 0 Å². The highest BCUT2D eigenvalue weighted by atomic mass is 16.6. The van der Waals surface area contributed by atoms with Crippen LogP contribution in [0.4, 0.5) is 0 Å². The second-order valence-electron chi connectivity index (χ2n) is 5.96. The fourth-order valence-corrected chi connectivity index (χ4v) is 1.86. The molecule has 0 unspecified atom stereocenters. The number of aliphatic hydroxyl groups excluding tert-OH is 1. The zero-order valence-electron chi connectivity index (χ0n) is 16.8. The molecule has 0 saturated carbocycles. The molecule has 0 atom stereocenters. The Labute approximate surface area is 159 Å². The molecule has 0 bridgehead atoms. The molecule has 0 radical (unpaired) electrons. The molecule has 0 aliphatic rings. The summed E-state index contributed by atoms with van der Waals surface area (Å²) < 4.78 is 32.2. The van der Waals surface area contributed by atoms with E-state index in [0.717, 1.165) is 38.9 Å². The van der Waals surface area contributed by atoms with Crippen molar-refractivity contribution < 1.29 is 33.5 Å². The van der Waals surface area contributed by atoms with Crippen molar-refractivity contribution in [1.29, 1.82) is 0 Å². The van der Waals surface area contributed by atoms with Crippen molar-refractivity contribution in [2.45, 2.75) is 45.6 Å². The molecule has 0 aromatic rings. The van der Waals surface area contributed by atoms with Gasteiger partial charge in [0.25, 0.3) is 0 Å². The van der Waals surface area contributed by atoms with Crippen LogP contribution < -0.4 is 0 Å². The summed E-state index contributed by atoms with van der Waals surface area (Å²) >= 11 is 0. The molecule has 7 nitrogen and oxygen atoms in total. The largest absolute Gasteiger partial charge is 0.388 e. The molecule has 0 amide bonds. The van der Waals surface area contributed by atoms with E-state index in [1.807, 2.05) is 0 Å². The summed E-state index contributed by atoms with van der Waals surface area (Å²) in [5, 5.41) is 9.72. The maximum Gasteiger partial charge on any atom is 0.101 e. The first-order chi connectivity index (χ1) is 12.8. The minimum absolute atomic E-state index is 0.239. The summed E-state index contributed by atoms with van der Waals surface area (Å²) in [4.78, 5) is 0. The maximum absolute atomic E-state index is 9.72. The van der Waals surface area contributed by atoms with Crippen molar-refractivity contribution in [3.63, 3.8) is 0 Å². The Kier molecular flexibility index (Phi) is 22.5. The number of ether oxygens (including phenoxy) is 6. The second-order valence-corrected chi connectivity index (χ2v) is 5.96. The van der Waals surface area contributed by atoms with Crippen LogP contribution >= 0.6 is 0 Å². The normalized spacial score (nSPS) is 11.5. The predicted octanol–water partition coefficient (Wildman–Crippen LogP) is 2.05. The molecule has 0 saturated heterocycles. The van der Waals surface area contributed by atoms with Crippen LogP contribution in [0.2, 0.25) is 0 Å². The van der Waals surface area contributed by atoms with Gasteiger partial charge in [-0.05, 0) is 12.8 Å². The first-order valence-electron chi connectivity index (χ1n) is 9.95. The minimum atomic E-state index is -0.634. The van der Waals surface area contributed by atoms with Crippen LogP contribution in [0, 0.1) is 0 Å². The molecule has 0 heterocycles. The molecule has 0 aromatic heterocycles. The summed E-state index contributed by atoms with van der Waals surface area (Å²) in [6.07, 6.45) is 3.82. The Morgan fingerprint density at radius 2 is 0.808 bits per heavy atom. The van der Waals surface area contributed by atoms with Crippen LogP contribution in [0.15, 0.2) is 0 Å². The van der Waals surface area contributed by atoms with Gasteiger partial charge in [0.05, 0.1) is 66.1 Å². The molecule has 26 heavy (non-hydrogen) atoms. The van der Waals surface area contributed by atoms with E-state index in [0.29, 0.717) is 52.9 Å². The highest BCUT2D eigenvalue weighted by molar-refractivity contribution is 4.51. The fraction of sp³-hybridized carbons (Fsp3) is 1.00. The average molecular weight is 381 g/mol. The lowest BCUT2D eigenvalue weighted by atomic mass is 10.4. The lowest BCUT2D eigenvalue weighted by Crippen LogP contribution is -2.24. The molecule has 0 aliphatic carbocycles. The van der Waals surface area contributed by atoms with Gasteiger partial charge in [0.2, 0.25) is 0 Å². The SMILES string of the molecule is CCCCOCCOCCOCC(O)COCCOCCOCCCC. The van der Waals surface area contributed by atoms with Crippen LogP contribution in [0.3, 0.4) is 0 Å². The molecular weight excluding hydrogens is 340 g/mol. The highest BCUT2D eigenvalue weighted by Gasteiger charge is 2.04. The fourth-order valence-electron chi connectivity index (χ4n) is 1.86. The molecular formula is C19H40O7. The topological polar surface area (TPSA) is 75.6 Å². The first-order valence-corrected chi connectivity index (χ1v) is 9.95. The average Bonchev–Trinajstić information content (AvgIpc) is 2.64. The van der Waals surface area contributed by atoms with Crippen LogP contribution in [-0.4, -0.2) is 90.5 Å². The number of hydrogen-bond donors (Lipinski definition) is 1. The quantitative estimate of drug-likeness (QED) is 0.288. The minimum Gasteiger partial charge on any atom is -0.388 e. The third-order valence-electron chi connectivity index (χ3n) is 3.39. The number of rotatable bonds is 22. The van der Waals surface area contributed by atoms with E-state index in [2.05, 4.69) is 13.8 Å². The van der Waals surface area contributed by atoms with E-state index in [-0.39, 0.29) is 13.2 Å². The van der Waals surface area contributed by atoms with Crippen LogP contribution in [0.1, 0.15) is 39.5 Å². The smallest absolute Gasteiger partial charge is 0.101 e. The van der Waals surface area contributed by atoms with Crippen molar-refractivity contribution in [2.75, 3.05) is 79.3 Å². The molecule has 0 rings (SSSR count). The number of aliphatic hydroxyl groups is 1. The standard InChI is InChI=1S/C19H40O7/c1-3-5-7-21-9-11-23-13-15-25-17-19(20)18-26-16-14-24-12-10-22-8-6-4-2/h19-20H,3-18H2,1-2H3. The van der Waals surface area contributed by atoms with Gasteiger partial charge in [-0.2, -0.15) is 0 Å². The molecule has 0 spiro atoms. The van der Waals surface area contributed by atoms with Gasteiger partial charge in [-0.1, -0.05) is 26.7 Å². The third-order valence-corrected chi connectivity index (χ3v) is 3.39. The van der Waals surface area contributed by atoms with Crippen LogP contribution in [0.25, 0.3) is 0 Å². The Morgan fingerprint density at radius 3 is 1.15 bits per heavy atom. The second kappa shape index (κ2) is 22.8. The summed E-state index contributed by atoms with van der Waals surface area (Å²) in [7, 11) is 0. The third kappa shape index (κ3) is 21.8. The van der Waals surface area contributed by atoms with Gasteiger partial charge < -0.3 is 33.5 Å². The van der Waals surface area contributed by atoms with Crippen LogP contribution in [-0.2, 0) is 28.4 Å². The summed E-state index contributed by atoms with van der Waals surface area (Å²) in [6, 6.07) is 0. The zero-order valence-corrected chi connectivity index (χ0v) is 16.8. The molecule has 0 fully saturated rings. The molecule has 158 valence electrons. The monoisotopic (exact) mass is 380 g/mol. The van der Waals surface area contributed by atoms with Crippen molar-refractivity contribution >= 4 is 0 Å². The van der Waals surface area contributed by atoms with Gasteiger partial charge in [-0.25, -0.2) is 0 Å². The van der Waals surface area contributed by atoms with Gasteiger partial charge in [0.1, 0.15) is 6.10 Å². The van der Waals surface area contributed by atoms with E-state index >= 15 is 0 Å². The van der Waals surface area contributed by atoms with E-state index < -0.39 is 6.10 Å². The first kappa shape index (κ1) is 25.7. The summed E-state index contributed by atoms with van der Waals surface area (Å²) in [5.74, 6) is 0. The predicted molar refractivity (Wildman–Crippen MR) is 101 cm³/mol. The van der Waals surface area contributed by atoms with E-state index in [1.165, 1.54) is 0 Å². The Hall–Kier alpha value is -0.280. The maximum atomic E-state index is 9.72. The summed E-state index contributed by atoms with van der Waals surface area (Å²) in [5.41, 5.74) is 0. The van der Waals surface area contributed by atoms with Gasteiger partial charge in [-0.3, -0.25) is 0 Å². The van der Waals surface area contributed by atoms with E-state index in [9.17, 15) is 5.11 Å². The Balaban J connectivity index is 3.12. The highest BCUT2D eigenvalue weighted by Crippen LogP contribution is 1.91. The number of unbranched alkanes of at least 4 members (excludes halogenated alkanes) is 2. The van der Waals surface area contributed by atoms with Gasteiger partial charge in [0, 0.05) is 13.2 Å². The summed E-state index contributed by atoms with van der Waals surface area (Å²) in [6.45, 7) is 10.6. The molecule has 0 aliphatic heterocycles. The van der Waals surface area contributed by atoms with Gasteiger partial charge >= 0.3 is 0 Å². The van der Waals surface area contributed by atoms with Gasteiger partial charge in [0.15, 0.2) is 0 Å². The van der Waals surface area contributed by atoms with Crippen LogP contribution in [0.5, 0.6) is 0 Å². The molecule has 1 N–H and O–H groups in total. The van der Waals surface area contributed by atoms with Crippen molar-refractivity contribution in [1.82, 2.24) is 0 Å². The number of hydrogen-bond acceptors (Lipinski definition) is 7. The van der Waals surface area contributed by atoms with Gasteiger partial charge in [-0.15, -0.1) is 0 Å².